The molecule has 0 atom stereocenters. The number of aryl methyl sites for hydroxylation is 2. The van der Waals surface area contributed by atoms with Crippen LogP contribution in [-0.2, 0) is 12.8 Å². The second-order valence-corrected chi connectivity index (χ2v) is 4.63. The SMILES string of the molecule is CCc1ccc(C(=O)c2cc(Cl)ncn2)cc1CC. The lowest BCUT2D eigenvalue weighted by atomic mass is 9.97. The number of halogens is 1. The Kier molecular flexibility index (Phi) is 4.27. The first-order valence-corrected chi connectivity index (χ1v) is 6.67. The molecule has 1 aromatic heterocycles. The predicted molar refractivity (Wildman–Crippen MR) is 75.7 cm³/mol. The van der Waals surface area contributed by atoms with Crippen LogP contribution in [0.1, 0.15) is 41.0 Å². The minimum absolute atomic E-state index is 0.123. The van der Waals surface area contributed by atoms with Gasteiger partial charge in [0, 0.05) is 11.6 Å². The molecule has 2 rings (SSSR count). The van der Waals surface area contributed by atoms with E-state index in [2.05, 4.69) is 23.8 Å². The molecule has 0 saturated heterocycles. The molecule has 3 nitrogen and oxygen atoms in total. The highest BCUT2D eigenvalue weighted by Crippen LogP contribution is 2.17. The quantitative estimate of drug-likeness (QED) is 0.633. The zero-order chi connectivity index (χ0) is 13.8. The molecule has 0 radical (unpaired) electrons. The largest absolute Gasteiger partial charge is 0.287 e. The van der Waals surface area contributed by atoms with Gasteiger partial charge in [-0.1, -0.05) is 37.6 Å². The summed E-state index contributed by atoms with van der Waals surface area (Å²) in [5.41, 5.74) is 3.45. The van der Waals surface area contributed by atoms with E-state index in [1.165, 1.54) is 23.5 Å². The highest BCUT2D eigenvalue weighted by Gasteiger charge is 2.12. The fourth-order valence-corrected chi connectivity index (χ4v) is 2.19. The summed E-state index contributed by atoms with van der Waals surface area (Å²) in [5.74, 6) is -0.123. The van der Waals surface area contributed by atoms with Crippen molar-refractivity contribution in [1.29, 1.82) is 0 Å². The molecule has 0 saturated carbocycles. The summed E-state index contributed by atoms with van der Waals surface area (Å²) in [4.78, 5) is 20.1. The lowest BCUT2D eigenvalue weighted by molar-refractivity contribution is 0.103. The molecule has 1 aromatic carbocycles. The number of carbonyl (C=O) groups excluding carboxylic acids is 1. The zero-order valence-corrected chi connectivity index (χ0v) is 11.7. The fourth-order valence-electron chi connectivity index (χ4n) is 2.05. The number of aromatic nitrogens is 2. The van der Waals surface area contributed by atoms with Gasteiger partial charge >= 0.3 is 0 Å². The second-order valence-electron chi connectivity index (χ2n) is 4.25. The summed E-state index contributed by atoms with van der Waals surface area (Å²) in [6, 6.07) is 7.28. The van der Waals surface area contributed by atoms with Gasteiger partial charge in [-0.25, -0.2) is 9.97 Å². The molecule has 0 fully saturated rings. The summed E-state index contributed by atoms with van der Waals surface area (Å²) in [7, 11) is 0. The minimum atomic E-state index is -0.123. The van der Waals surface area contributed by atoms with E-state index in [9.17, 15) is 4.79 Å². The van der Waals surface area contributed by atoms with Crippen molar-refractivity contribution in [2.45, 2.75) is 26.7 Å². The Balaban J connectivity index is 2.39. The normalized spacial score (nSPS) is 10.5. The van der Waals surface area contributed by atoms with Crippen LogP contribution in [0.2, 0.25) is 5.15 Å². The standard InChI is InChI=1S/C15H15ClN2O/c1-3-10-5-6-12(7-11(10)4-2)15(19)13-8-14(16)18-9-17-13/h5-9H,3-4H2,1-2H3. The summed E-state index contributed by atoms with van der Waals surface area (Å²) < 4.78 is 0. The molecular weight excluding hydrogens is 260 g/mol. The molecule has 0 aliphatic rings. The molecule has 4 heteroatoms. The summed E-state index contributed by atoms with van der Waals surface area (Å²) in [6.07, 6.45) is 3.18. The molecule has 1 heterocycles. The number of rotatable bonds is 4. The molecule has 0 aliphatic carbocycles. The van der Waals surface area contributed by atoms with Crippen LogP contribution in [0.15, 0.2) is 30.6 Å². The second kappa shape index (κ2) is 5.93. The minimum Gasteiger partial charge on any atom is -0.287 e. The smallest absolute Gasteiger partial charge is 0.211 e. The van der Waals surface area contributed by atoms with Gasteiger partial charge in [-0.3, -0.25) is 4.79 Å². The summed E-state index contributed by atoms with van der Waals surface area (Å²) in [5, 5.41) is 0.277. The lowest BCUT2D eigenvalue weighted by Crippen LogP contribution is -2.06. The Morgan fingerprint density at radius 2 is 1.84 bits per heavy atom. The van der Waals surface area contributed by atoms with Gasteiger partial charge in [0.15, 0.2) is 0 Å². The predicted octanol–water partition coefficient (Wildman–Crippen LogP) is 3.49. The third kappa shape index (κ3) is 2.99. The monoisotopic (exact) mass is 274 g/mol. The average molecular weight is 275 g/mol. The van der Waals surface area contributed by atoms with Gasteiger partial charge in [-0.15, -0.1) is 0 Å². The maximum atomic E-state index is 12.3. The van der Waals surface area contributed by atoms with Crippen LogP contribution in [-0.4, -0.2) is 15.8 Å². The Hall–Kier alpha value is -1.74. The molecule has 19 heavy (non-hydrogen) atoms. The Labute approximate surface area is 117 Å². The topological polar surface area (TPSA) is 42.9 Å². The highest BCUT2D eigenvalue weighted by atomic mass is 35.5. The summed E-state index contributed by atoms with van der Waals surface area (Å²) >= 11 is 5.78. The molecule has 0 amide bonds. The number of hydrogen-bond donors (Lipinski definition) is 0. The van der Waals surface area contributed by atoms with Gasteiger partial charge in [-0.2, -0.15) is 0 Å². The molecule has 98 valence electrons. The average Bonchev–Trinajstić information content (AvgIpc) is 2.45. The summed E-state index contributed by atoms with van der Waals surface area (Å²) in [6.45, 7) is 4.20. The number of benzene rings is 1. The van der Waals surface area contributed by atoms with Crippen molar-refractivity contribution in [1.82, 2.24) is 9.97 Å². The molecule has 2 aromatic rings. The fraction of sp³-hybridized carbons (Fsp3) is 0.267. The van der Waals surface area contributed by atoms with Crippen molar-refractivity contribution in [3.8, 4) is 0 Å². The third-order valence-corrected chi connectivity index (χ3v) is 3.30. The molecule has 0 spiro atoms. The van der Waals surface area contributed by atoms with Crippen molar-refractivity contribution in [3.05, 3.63) is 58.1 Å². The van der Waals surface area contributed by atoms with E-state index >= 15 is 0 Å². The third-order valence-electron chi connectivity index (χ3n) is 3.10. The van der Waals surface area contributed by atoms with Gasteiger partial charge in [0.25, 0.3) is 0 Å². The van der Waals surface area contributed by atoms with Crippen LogP contribution in [0.4, 0.5) is 0 Å². The first kappa shape index (κ1) is 13.7. The van der Waals surface area contributed by atoms with Crippen molar-refractivity contribution >= 4 is 17.4 Å². The maximum Gasteiger partial charge on any atom is 0.211 e. The van der Waals surface area contributed by atoms with Gasteiger partial charge in [0.1, 0.15) is 17.2 Å². The first-order valence-electron chi connectivity index (χ1n) is 6.29. The maximum absolute atomic E-state index is 12.3. The molecule has 0 N–H and O–H groups in total. The van der Waals surface area contributed by atoms with Crippen LogP contribution >= 0.6 is 11.6 Å². The van der Waals surface area contributed by atoms with Gasteiger partial charge in [0.2, 0.25) is 5.78 Å². The van der Waals surface area contributed by atoms with Gasteiger partial charge < -0.3 is 0 Å². The molecule has 0 aliphatic heterocycles. The van der Waals surface area contributed by atoms with Crippen molar-refractivity contribution < 1.29 is 4.79 Å². The molecule has 0 bridgehead atoms. The number of hydrogen-bond acceptors (Lipinski definition) is 3. The van der Waals surface area contributed by atoms with Gasteiger partial charge in [0.05, 0.1) is 0 Å². The van der Waals surface area contributed by atoms with Crippen LogP contribution in [0.25, 0.3) is 0 Å². The lowest BCUT2D eigenvalue weighted by Gasteiger charge is -2.08. The van der Waals surface area contributed by atoms with Crippen molar-refractivity contribution in [3.63, 3.8) is 0 Å². The Morgan fingerprint density at radius 3 is 2.47 bits per heavy atom. The number of carbonyl (C=O) groups is 1. The molecular formula is C15H15ClN2O. The number of ketones is 1. The number of nitrogens with zero attached hydrogens (tertiary/aromatic N) is 2. The zero-order valence-electron chi connectivity index (χ0n) is 11.0. The van der Waals surface area contributed by atoms with E-state index in [0.29, 0.717) is 11.3 Å². The highest BCUT2D eigenvalue weighted by molar-refractivity contribution is 6.29. The van der Waals surface area contributed by atoms with Crippen molar-refractivity contribution in [2.75, 3.05) is 0 Å². The van der Waals surface area contributed by atoms with Crippen molar-refractivity contribution in [2.24, 2.45) is 0 Å². The van der Waals surface area contributed by atoms with Crippen LogP contribution in [0, 0.1) is 0 Å². The first-order chi connectivity index (χ1) is 9.15. The van der Waals surface area contributed by atoms with Crippen LogP contribution in [0.3, 0.4) is 0 Å². The van der Waals surface area contributed by atoms with E-state index < -0.39 is 0 Å². The van der Waals surface area contributed by atoms with E-state index in [1.54, 1.807) is 0 Å². The van der Waals surface area contributed by atoms with Crippen LogP contribution < -0.4 is 0 Å². The van der Waals surface area contributed by atoms with E-state index in [4.69, 9.17) is 11.6 Å². The van der Waals surface area contributed by atoms with E-state index in [-0.39, 0.29) is 10.9 Å². The Morgan fingerprint density at radius 1 is 1.11 bits per heavy atom. The molecule has 0 unspecified atom stereocenters. The van der Waals surface area contributed by atoms with E-state index in [1.807, 2.05) is 18.2 Å². The van der Waals surface area contributed by atoms with Gasteiger partial charge in [-0.05, 0) is 30.0 Å². The van der Waals surface area contributed by atoms with E-state index in [0.717, 1.165) is 12.8 Å². The Bertz CT molecular complexity index is 611. The van der Waals surface area contributed by atoms with Crippen LogP contribution in [0.5, 0.6) is 0 Å².